The Hall–Kier alpha value is -0.630. The molecule has 0 saturated carbocycles. The van der Waals surface area contributed by atoms with E-state index in [1.165, 1.54) is 0 Å². The van der Waals surface area contributed by atoms with Crippen molar-refractivity contribution in [1.82, 2.24) is 4.90 Å². The molecule has 0 aliphatic rings. The molecule has 0 bridgehead atoms. The van der Waals surface area contributed by atoms with Crippen LogP contribution in [-0.2, 0) is 4.74 Å². The molecule has 0 aliphatic heterocycles. The van der Waals surface area contributed by atoms with Crippen LogP contribution in [0, 0.1) is 11.3 Å². The Bertz CT molecular complexity index is 244. The van der Waals surface area contributed by atoms with Crippen LogP contribution in [0.25, 0.3) is 0 Å². The molecule has 4 nitrogen and oxygen atoms in total. The second-order valence-corrected chi connectivity index (χ2v) is 5.13. The maximum Gasteiger partial charge on any atom is 0.101 e. The van der Waals surface area contributed by atoms with Gasteiger partial charge in [0.05, 0.1) is 12.7 Å². The summed E-state index contributed by atoms with van der Waals surface area (Å²) >= 11 is 0. The number of nitrogens with two attached hydrogens (primary N) is 1. The van der Waals surface area contributed by atoms with E-state index in [2.05, 4.69) is 24.8 Å². The van der Waals surface area contributed by atoms with Gasteiger partial charge in [0.1, 0.15) is 5.54 Å². The molecule has 0 radical (unpaired) electrons. The van der Waals surface area contributed by atoms with Gasteiger partial charge in [-0.25, -0.2) is 0 Å². The molecule has 1 unspecified atom stereocenters. The van der Waals surface area contributed by atoms with Gasteiger partial charge in [-0.15, -0.1) is 0 Å². The van der Waals surface area contributed by atoms with Crippen molar-refractivity contribution in [2.24, 2.45) is 5.73 Å². The van der Waals surface area contributed by atoms with Crippen molar-refractivity contribution in [2.75, 3.05) is 26.8 Å². The Morgan fingerprint density at radius 1 is 1.33 bits per heavy atom. The number of nitriles is 1. The third-order valence-corrected chi connectivity index (χ3v) is 3.44. The summed E-state index contributed by atoms with van der Waals surface area (Å²) in [6, 6.07) is 2.75. The van der Waals surface area contributed by atoms with Crippen molar-refractivity contribution < 1.29 is 4.74 Å². The summed E-state index contributed by atoms with van der Waals surface area (Å²) in [4.78, 5) is 2.46. The van der Waals surface area contributed by atoms with E-state index in [1.807, 2.05) is 0 Å². The molecule has 0 saturated heterocycles. The van der Waals surface area contributed by atoms with Gasteiger partial charge < -0.3 is 10.5 Å². The minimum absolute atomic E-state index is 0.603. The van der Waals surface area contributed by atoms with E-state index in [-0.39, 0.29) is 0 Å². The number of hydrogen-bond donors (Lipinski definition) is 1. The predicted molar refractivity (Wildman–Crippen MR) is 75.3 cm³/mol. The van der Waals surface area contributed by atoms with Crippen LogP contribution in [0.15, 0.2) is 0 Å². The minimum Gasteiger partial charge on any atom is -0.383 e. The summed E-state index contributed by atoms with van der Waals surface area (Å²) in [7, 11) is 1.73. The molecule has 0 spiro atoms. The van der Waals surface area contributed by atoms with Crippen LogP contribution in [0.5, 0.6) is 0 Å². The van der Waals surface area contributed by atoms with Crippen molar-refractivity contribution in [1.29, 1.82) is 5.26 Å². The molecular formula is C14H29N3O. The van der Waals surface area contributed by atoms with Gasteiger partial charge in [0, 0.05) is 19.7 Å². The Morgan fingerprint density at radius 3 is 2.39 bits per heavy atom. The SMILES string of the molecule is CCC(CC)N(CCCC(C)(N)C#N)CCOC. The molecule has 0 aromatic carbocycles. The van der Waals surface area contributed by atoms with Gasteiger partial charge >= 0.3 is 0 Å². The molecule has 0 heterocycles. The standard InChI is InChI=1S/C14H29N3O/c1-5-13(6-2)17(10-11-18-4)9-7-8-14(3,16)12-15/h13H,5-11,16H2,1-4H3. The van der Waals surface area contributed by atoms with Gasteiger partial charge in [0.2, 0.25) is 0 Å². The molecule has 0 aromatic rings. The van der Waals surface area contributed by atoms with Crippen molar-refractivity contribution in [3.8, 4) is 6.07 Å². The van der Waals surface area contributed by atoms with Crippen LogP contribution in [0.1, 0.15) is 46.5 Å². The summed E-state index contributed by atoms with van der Waals surface area (Å²) in [5, 5.41) is 8.89. The number of ether oxygens (including phenoxy) is 1. The average Bonchev–Trinajstić information content (AvgIpc) is 2.36. The van der Waals surface area contributed by atoms with Crippen LogP contribution >= 0.6 is 0 Å². The predicted octanol–water partition coefficient (Wildman–Crippen LogP) is 2.14. The first kappa shape index (κ1) is 17.4. The van der Waals surface area contributed by atoms with Crippen molar-refractivity contribution in [2.45, 2.75) is 58.0 Å². The zero-order chi connectivity index (χ0) is 14.0. The molecule has 0 aromatic heterocycles. The highest BCUT2D eigenvalue weighted by atomic mass is 16.5. The zero-order valence-electron chi connectivity index (χ0n) is 12.4. The molecule has 0 amide bonds. The van der Waals surface area contributed by atoms with E-state index in [9.17, 15) is 0 Å². The Labute approximate surface area is 112 Å². The number of nitrogens with zero attached hydrogens (tertiary/aromatic N) is 2. The van der Waals surface area contributed by atoms with Gasteiger partial charge in [0.25, 0.3) is 0 Å². The van der Waals surface area contributed by atoms with Crippen LogP contribution < -0.4 is 5.73 Å². The first-order valence-corrected chi connectivity index (χ1v) is 6.93. The molecule has 0 fully saturated rings. The highest BCUT2D eigenvalue weighted by molar-refractivity contribution is 5.00. The lowest BCUT2D eigenvalue weighted by Crippen LogP contribution is -2.40. The lowest BCUT2D eigenvalue weighted by molar-refractivity contribution is 0.113. The van der Waals surface area contributed by atoms with Crippen molar-refractivity contribution in [3.63, 3.8) is 0 Å². The third-order valence-electron chi connectivity index (χ3n) is 3.44. The first-order valence-electron chi connectivity index (χ1n) is 6.93. The lowest BCUT2D eigenvalue weighted by atomic mass is 9.99. The second kappa shape index (κ2) is 9.32. The van der Waals surface area contributed by atoms with Crippen LogP contribution in [-0.4, -0.2) is 43.3 Å². The summed E-state index contributed by atoms with van der Waals surface area (Å²) in [6.07, 6.45) is 4.00. The van der Waals surface area contributed by atoms with E-state index in [0.29, 0.717) is 6.04 Å². The van der Waals surface area contributed by atoms with E-state index >= 15 is 0 Å². The molecule has 1 atom stereocenters. The normalized spacial score (nSPS) is 14.8. The average molecular weight is 255 g/mol. The quantitative estimate of drug-likeness (QED) is 0.649. The van der Waals surface area contributed by atoms with Gasteiger partial charge in [-0.05, 0) is 39.2 Å². The van der Waals surface area contributed by atoms with E-state index in [4.69, 9.17) is 15.7 Å². The van der Waals surface area contributed by atoms with Crippen LogP contribution in [0.3, 0.4) is 0 Å². The van der Waals surface area contributed by atoms with Crippen LogP contribution in [0.2, 0.25) is 0 Å². The smallest absolute Gasteiger partial charge is 0.101 e. The molecule has 0 aliphatic carbocycles. The molecule has 106 valence electrons. The van der Waals surface area contributed by atoms with Crippen molar-refractivity contribution >= 4 is 0 Å². The Kier molecular flexibility index (Phi) is 8.99. The summed E-state index contributed by atoms with van der Waals surface area (Å²) < 4.78 is 5.16. The largest absolute Gasteiger partial charge is 0.383 e. The Balaban J connectivity index is 4.20. The highest BCUT2D eigenvalue weighted by Crippen LogP contribution is 2.13. The monoisotopic (exact) mass is 255 g/mol. The fourth-order valence-corrected chi connectivity index (χ4v) is 2.20. The number of methoxy groups -OCH3 is 1. The number of hydrogen-bond acceptors (Lipinski definition) is 4. The van der Waals surface area contributed by atoms with Gasteiger partial charge in [-0.3, -0.25) is 4.90 Å². The number of rotatable bonds is 10. The van der Waals surface area contributed by atoms with E-state index < -0.39 is 5.54 Å². The molecule has 0 rings (SSSR count). The maximum absolute atomic E-state index is 8.89. The van der Waals surface area contributed by atoms with E-state index in [0.717, 1.165) is 45.4 Å². The summed E-state index contributed by atoms with van der Waals surface area (Å²) in [6.45, 7) is 8.94. The highest BCUT2D eigenvalue weighted by Gasteiger charge is 2.19. The van der Waals surface area contributed by atoms with Crippen LogP contribution in [0.4, 0.5) is 0 Å². The lowest BCUT2D eigenvalue weighted by Gasteiger charge is -2.30. The van der Waals surface area contributed by atoms with Gasteiger partial charge in [0.15, 0.2) is 0 Å². The second-order valence-electron chi connectivity index (χ2n) is 5.13. The Morgan fingerprint density at radius 2 is 1.94 bits per heavy atom. The first-order chi connectivity index (χ1) is 8.50. The zero-order valence-corrected chi connectivity index (χ0v) is 12.4. The summed E-state index contributed by atoms with van der Waals surface area (Å²) in [5.74, 6) is 0. The third kappa shape index (κ3) is 6.95. The maximum atomic E-state index is 8.89. The fraction of sp³-hybridized carbons (Fsp3) is 0.929. The molecular weight excluding hydrogens is 226 g/mol. The van der Waals surface area contributed by atoms with Gasteiger partial charge in [-0.2, -0.15) is 5.26 Å². The van der Waals surface area contributed by atoms with Crippen molar-refractivity contribution in [3.05, 3.63) is 0 Å². The van der Waals surface area contributed by atoms with E-state index in [1.54, 1.807) is 14.0 Å². The topological polar surface area (TPSA) is 62.3 Å². The van der Waals surface area contributed by atoms with Gasteiger partial charge in [-0.1, -0.05) is 13.8 Å². The summed E-state index contributed by atoms with van der Waals surface area (Å²) in [5.41, 5.74) is 5.15. The molecule has 18 heavy (non-hydrogen) atoms. The molecule has 2 N–H and O–H groups in total. The fourth-order valence-electron chi connectivity index (χ4n) is 2.20. The minimum atomic E-state index is -0.694. The molecule has 4 heteroatoms.